The number of carbonyl (C=O) groups is 2. The maximum absolute atomic E-state index is 12.6. The van der Waals surface area contributed by atoms with Crippen LogP contribution < -0.4 is 0 Å². The van der Waals surface area contributed by atoms with Crippen LogP contribution in [0.15, 0.2) is 5.38 Å². The normalized spacial score (nSPS) is 14.7. The predicted molar refractivity (Wildman–Crippen MR) is 85.7 cm³/mol. The van der Waals surface area contributed by atoms with E-state index in [0.717, 1.165) is 37.2 Å². The number of ether oxygens (including phenoxy) is 1. The van der Waals surface area contributed by atoms with E-state index in [1.165, 1.54) is 18.4 Å². The van der Waals surface area contributed by atoms with E-state index in [0.29, 0.717) is 18.2 Å². The summed E-state index contributed by atoms with van der Waals surface area (Å²) < 4.78 is 4.67. The summed E-state index contributed by atoms with van der Waals surface area (Å²) in [6.45, 7) is 5.55. The molecule has 0 bridgehead atoms. The first-order valence-corrected chi connectivity index (χ1v) is 8.70. The van der Waals surface area contributed by atoms with Gasteiger partial charge in [-0.15, -0.1) is 11.3 Å². The molecule has 5 nitrogen and oxygen atoms in total. The summed E-state index contributed by atoms with van der Waals surface area (Å²) in [6.07, 6.45) is 4.14. The Morgan fingerprint density at radius 1 is 1.45 bits per heavy atom. The average Bonchev–Trinajstić information content (AvgIpc) is 2.88. The van der Waals surface area contributed by atoms with Crippen LogP contribution in [0.2, 0.25) is 0 Å². The molecule has 0 N–H and O–H groups in total. The second-order valence-electron chi connectivity index (χ2n) is 6.19. The molecule has 1 aromatic heterocycles. The Balaban J connectivity index is 2.02. The number of methoxy groups -OCH3 is 1. The van der Waals surface area contributed by atoms with Crippen LogP contribution in [-0.4, -0.2) is 35.4 Å². The number of esters is 1. The molecule has 1 aliphatic carbocycles. The van der Waals surface area contributed by atoms with Crippen LogP contribution in [0.5, 0.6) is 0 Å². The van der Waals surface area contributed by atoms with E-state index in [2.05, 4.69) is 23.6 Å². The van der Waals surface area contributed by atoms with Crippen molar-refractivity contribution < 1.29 is 14.3 Å². The highest BCUT2D eigenvalue weighted by Gasteiger charge is 2.30. The van der Waals surface area contributed by atoms with Crippen LogP contribution in [-0.2, 0) is 16.1 Å². The van der Waals surface area contributed by atoms with E-state index in [1.807, 2.05) is 4.90 Å². The van der Waals surface area contributed by atoms with Crippen LogP contribution in [0.1, 0.15) is 55.0 Å². The average molecular weight is 324 g/mol. The van der Waals surface area contributed by atoms with Gasteiger partial charge in [0.25, 0.3) is 0 Å². The third kappa shape index (κ3) is 4.29. The van der Waals surface area contributed by atoms with Crippen molar-refractivity contribution in [2.75, 3.05) is 13.7 Å². The molecular formula is C16H24N2O3S. The highest BCUT2D eigenvalue weighted by molar-refractivity contribution is 7.09. The lowest BCUT2D eigenvalue weighted by Crippen LogP contribution is -2.39. The standard InChI is InChI=1S/C16H24N2O3S/c1-11(2)7-8-18(15(19)12-5-4-6-12)9-14-17-13(10-22-14)16(20)21-3/h10-12H,4-9H2,1-3H3. The molecule has 0 aromatic carbocycles. The summed E-state index contributed by atoms with van der Waals surface area (Å²) in [4.78, 5) is 30.2. The fourth-order valence-corrected chi connectivity index (χ4v) is 3.12. The quantitative estimate of drug-likeness (QED) is 0.723. The first kappa shape index (κ1) is 16.9. The summed E-state index contributed by atoms with van der Waals surface area (Å²) in [6, 6.07) is 0. The Labute approximate surface area is 135 Å². The zero-order valence-electron chi connectivity index (χ0n) is 13.5. The van der Waals surface area contributed by atoms with Gasteiger partial charge in [0.2, 0.25) is 5.91 Å². The summed E-state index contributed by atoms with van der Waals surface area (Å²) >= 11 is 1.40. The van der Waals surface area contributed by atoms with Gasteiger partial charge in [-0.25, -0.2) is 9.78 Å². The van der Waals surface area contributed by atoms with Crippen molar-refractivity contribution in [3.63, 3.8) is 0 Å². The molecule has 1 aliphatic rings. The van der Waals surface area contributed by atoms with Gasteiger partial charge in [-0.05, 0) is 25.2 Å². The van der Waals surface area contributed by atoms with Gasteiger partial charge < -0.3 is 9.64 Å². The SMILES string of the molecule is COC(=O)c1csc(CN(CCC(C)C)C(=O)C2CCC2)n1. The van der Waals surface area contributed by atoms with Gasteiger partial charge in [0, 0.05) is 17.8 Å². The molecule has 6 heteroatoms. The van der Waals surface area contributed by atoms with Crippen molar-refractivity contribution in [1.82, 2.24) is 9.88 Å². The second kappa shape index (κ2) is 7.72. The smallest absolute Gasteiger partial charge is 0.357 e. The number of carbonyl (C=O) groups excluding carboxylic acids is 2. The lowest BCUT2D eigenvalue weighted by Gasteiger charge is -2.31. The first-order valence-electron chi connectivity index (χ1n) is 7.82. The minimum absolute atomic E-state index is 0.187. The molecule has 22 heavy (non-hydrogen) atoms. The van der Waals surface area contributed by atoms with Crippen molar-refractivity contribution in [2.24, 2.45) is 11.8 Å². The molecule has 0 atom stereocenters. The summed E-state index contributed by atoms with van der Waals surface area (Å²) in [5.41, 5.74) is 0.322. The van der Waals surface area contributed by atoms with Crippen LogP contribution >= 0.6 is 11.3 Å². The van der Waals surface area contributed by atoms with E-state index < -0.39 is 5.97 Å². The molecule has 0 saturated heterocycles. The highest BCUT2D eigenvalue weighted by Crippen LogP contribution is 2.29. The molecule has 0 aliphatic heterocycles. The van der Waals surface area contributed by atoms with E-state index in [4.69, 9.17) is 0 Å². The monoisotopic (exact) mass is 324 g/mol. The van der Waals surface area contributed by atoms with Crippen molar-refractivity contribution in [3.05, 3.63) is 16.1 Å². The summed E-state index contributed by atoms with van der Waals surface area (Å²) in [7, 11) is 1.34. The van der Waals surface area contributed by atoms with Crippen molar-refractivity contribution in [1.29, 1.82) is 0 Å². The fraction of sp³-hybridized carbons (Fsp3) is 0.688. The van der Waals surface area contributed by atoms with E-state index in [9.17, 15) is 9.59 Å². The van der Waals surface area contributed by atoms with Crippen molar-refractivity contribution in [2.45, 2.75) is 46.1 Å². The van der Waals surface area contributed by atoms with Gasteiger partial charge >= 0.3 is 5.97 Å². The van der Waals surface area contributed by atoms with Crippen LogP contribution in [0.4, 0.5) is 0 Å². The molecule has 1 amide bonds. The maximum Gasteiger partial charge on any atom is 0.357 e. The first-order chi connectivity index (χ1) is 10.5. The zero-order chi connectivity index (χ0) is 16.1. The van der Waals surface area contributed by atoms with Crippen LogP contribution in [0.25, 0.3) is 0 Å². The zero-order valence-corrected chi connectivity index (χ0v) is 14.3. The van der Waals surface area contributed by atoms with Gasteiger partial charge in [0.1, 0.15) is 5.01 Å². The number of amides is 1. The molecule has 122 valence electrons. The topological polar surface area (TPSA) is 59.5 Å². The Morgan fingerprint density at radius 3 is 2.73 bits per heavy atom. The molecule has 2 rings (SSSR count). The molecule has 1 fully saturated rings. The van der Waals surface area contributed by atoms with Crippen molar-refractivity contribution in [3.8, 4) is 0 Å². The minimum Gasteiger partial charge on any atom is -0.464 e. The van der Waals surface area contributed by atoms with Gasteiger partial charge in [0.15, 0.2) is 5.69 Å². The van der Waals surface area contributed by atoms with Crippen molar-refractivity contribution >= 4 is 23.2 Å². The fourth-order valence-electron chi connectivity index (χ4n) is 2.34. The Kier molecular flexibility index (Phi) is 5.94. The third-order valence-corrected chi connectivity index (χ3v) is 4.85. The lowest BCUT2D eigenvalue weighted by atomic mass is 9.84. The van der Waals surface area contributed by atoms with Gasteiger partial charge in [0.05, 0.1) is 13.7 Å². The second-order valence-corrected chi connectivity index (χ2v) is 7.13. The molecule has 1 aromatic rings. The molecule has 0 spiro atoms. The lowest BCUT2D eigenvalue weighted by molar-refractivity contribution is -0.139. The van der Waals surface area contributed by atoms with Crippen LogP contribution in [0, 0.1) is 11.8 Å². The number of hydrogen-bond acceptors (Lipinski definition) is 5. The van der Waals surface area contributed by atoms with Gasteiger partial charge in [-0.3, -0.25) is 4.79 Å². The Hall–Kier alpha value is -1.43. The largest absolute Gasteiger partial charge is 0.464 e. The predicted octanol–water partition coefficient (Wildman–Crippen LogP) is 3.10. The molecule has 1 heterocycles. The molecular weight excluding hydrogens is 300 g/mol. The third-order valence-electron chi connectivity index (χ3n) is 4.01. The Bertz CT molecular complexity index is 523. The summed E-state index contributed by atoms with van der Waals surface area (Å²) in [5, 5.41) is 2.48. The number of nitrogens with zero attached hydrogens (tertiary/aromatic N) is 2. The molecule has 0 unspecified atom stereocenters. The van der Waals surface area contributed by atoms with E-state index in [-0.39, 0.29) is 11.8 Å². The molecule has 0 radical (unpaired) electrons. The summed E-state index contributed by atoms with van der Waals surface area (Å²) in [5.74, 6) is 0.550. The van der Waals surface area contributed by atoms with E-state index >= 15 is 0 Å². The minimum atomic E-state index is -0.429. The van der Waals surface area contributed by atoms with Gasteiger partial charge in [-0.2, -0.15) is 0 Å². The number of aromatic nitrogens is 1. The highest BCUT2D eigenvalue weighted by atomic mass is 32.1. The van der Waals surface area contributed by atoms with Crippen LogP contribution in [0.3, 0.4) is 0 Å². The Morgan fingerprint density at radius 2 is 2.18 bits per heavy atom. The number of rotatable bonds is 7. The number of thiazole rings is 1. The maximum atomic E-state index is 12.6. The molecule has 1 saturated carbocycles. The van der Waals surface area contributed by atoms with E-state index in [1.54, 1.807) is 5.38 Å². The van der Waals surface area contributed by atoms with Gasteiger partial charge in [-0.1, -0.05) is 20.3 Å². The number of hydrogen-bond donors (Lipinski definition) is 0.